The van der Waals surface area contributed by atoms with Crippen molar-refractivity contribution >= 4 is 27.7 Å². The SMILES string of the molecule is Cc1cccc(NC(=O)OC2CCCC2)c1Br. The number of carbonyl (C=O) groups is 1. The molecule has 1 fully saturated rings. The van der Waals surface area contributed by atoms with Crippen molar-refractivity contribution in [3.63, 3.8) is 0 Å². The number of anilines is 1. The Morgan fingerprint density at radius 2 is 2.12 bits per heavy atom. The molecule has 0 bridgehead atoms. The first-order valence-electron chi connectivity index (χ1n) is 5.89. The van der Waals surface area contributed by atoms with E-state index in [1.165, 1.54) is 0 Å². The van der Waals surface area contributed by atoms with E-state index >= 15 is 0 Å². The van der Waals surface area contributed by atoms with Gasteiger partial charge in [0, 0.05) is 4.47 Å². The van der Waals surface area contributed by atoms with Crippen LogP contribution in [0.3, 0.4) is 0 Å². The van der Waals surface area contributed by atoms with Crippen LogP contribution in [-0.4, -0.2) is 12.2 Å². The zero-order valence-electron chi connectivity index (χ0n) is 9.83. The second kappa shape index (κ2) is 5.54. The lowest BCUT2D eigenvalue weighted by Crippen LogP contribution is -2.20. The minimum absolute atomic E-state index is 0.0959. The second-order valence-corrected chi connectivity index (χ2v) is 5.17. The van der Waals surface area contributed by atoms with E-state index in [1.807, 2.05) is 25.1 Å². The second-order valence-electron chi connectivity index (χ2n) is 4.37. The summed E-state index contributed by atoms with van der Waals surface area (Å²) in [6.07, 6.45) is 4.03. The van der Waals surface area contributed by atoms with Gasteiger partial charge >= 0.3 is 6.09 Å². The summed E-state index contributed by atoms with van der Waals surface area (Å²) >= 11 is 3.45. The van der Waals surface area contributed by atoms with Gasteiger partial charge in [0.2, 0.25) is 0 Å². The van der Waals surface area contributed by atoms with Gasteiger partial charge in [-0.1, -0.05) is 12.1 Å². The zero-order valence-corrected chi connectivity index (χ0v) is 11.4. The van der Waals surface area contributed by atoms with Crippen LogP contribution < -0.4 is 5.32 Å². The topological polar surface area (TPSA) is 38.3 Å². The van der Waals surface area contributed by atoms with E-state index in [1.54, 1.807) is 0 Å². The average molecular weight is 298 g/mol. The summed E-state index contributed by atoms with van der Waals surface area (Å²) in [5.74, 6) is 0. The molecule has 0 heterocycles. The van der Waals surface area contributed by atoms with Crippen molar-refractivity contribution in [3.8, 4) is 0 Å². The first kappa shape index (κ1) is 12.4. The third kappa shape index (κ3) is 3.22. The number of benzene rings is 1. The maximum atomic E-state index is 11.7. The fourth-order valence-electron chi connectivity index (χ4n) is 2.04. The van der Waals surface area contributed by atoms with E-state index in [0.29, 0.717) is 0 Å². The third-order valence-corrected chi connectivity index (χ3v) is 4.06. The molecule has 92 valence electrons. The Morgan fingerprint density at radius 1 is 1.41 bits per heavy atom. The predicted octanol–water partition coefficient (Wildman–Crippen LogP) is 4.25. The van der Waals surface area contributed by atoms with Crippen LogP contribution in [0.25, 0.3) is 0 Å². The van der Waals surface area contributed by atoms with Gasteiger partial charge in [0.05, 0.1) is 5.69 Å². The monoisotopic (exact) mass is 297 g/mol. The Bertz CT molecular complexity index is 414. The van der Waals surface area contributed by atoms with E-state index in [4.69, 9.17) is 4.74 Å². The summed E-state index contributed by atoms with van der Waals surface area (Å²) < 4.78 is 6.25. The summed E-state index contributed by atoms with van der Waals surface area (Å²) in [6.45, 7) is 1.98. The number of rotatable bonds is 2. The summed E-state index contributed by atoms with van der Waals surface area (Å²) in [5.41, 5.74) is 1.84. The molecule has 17 heavy (non-hydrogen) atoms. The predicted molar refractivity (Wildman–Crippen MR) is 71.2 cm³/mol. The van der Waals surface area contributed by atoms with E-state index < -0.39 is 0 Å². The van der Waals surface area contributed by atoms with E-state index in [9.17, 15) is 4.79 Å². The van der Waals surface area contributed by atoms with E-state index in [2.05, 4.69) is 21.2 Å². The molecule has 1 saturated carbocycles. The van der Waals surface area contributed by atoms with Crippen molar-refractivity contribution in [2.24, 2.45) is 0 Å². The number of hydrogen-bond acceptors (Lipinski definition) is 2. The molecule has 0 atom stereocenters. The Hall–Kier alpha value is -1.03. The fourth-order valence-corrected chi connectivity index (χ4v) is 2.40. The first-order valence-corrected chi connectivity index (χ1v) is 6.69. The Morgan fingerprint density at radius 3 is 2.82 bits per heavy atom. The molecule has 4 heteroatoms. The summed E-state index contributed by atoms with van der Waals surface area (Å²) in [4.78, 5) is 11.7. The minimum atomic E-state index is -0.358. The molecule has 0 aliphatic heterocycles. The van der Waals surface area contributed by atoms with Gasteiger partial charge in [-0.3, -0.25) is 5.32 Å². The molecule has 0 aromatic heterocycles. The van der Waals surface area contributed by atoms with Crippen LogP contribution in [-0.2, 0) is 4.74 Å². The van der Waals surface area contributed by atoms with Crippen molar-refractivity contribution in [1.29, 1.82) is 0 Å². The Labute approximate surface area is 110 Å². The number of nitrogens with one attached hydrogen (secondary N) is 1. The molecule has 1 N–H and O–H groups in total. The van der Waals surface area contributed by atoms with Crippen LogP contribution >= 0.6 is 15.9 Å². The van der Waals surface area contributed by atoms with Gasteiger partial charge in [-0.25, -0.2) is 4.79 Å². The third-order valence-electron chi connectivity index (χ3n) is 3.00. The number of ether oxygens (including phenoxy) is 1. The molecule has 0 unspecified atom stereocenters. The van der Waals surface area contributed by atoms with Gasteiger partial charge in [-0.15, -0.1) is 0 Å². The van der Waals surface area contributed by atoms with Gasteiger partial charge in [-0.2, -0.15) is 0 Å². The van der Waals surface area contributed by atoms with Gasteiger partial charge in [0.25, 0.3) is 0 Å². The molecule has 0 spiro atoms. The average Bonchev–Trinajstić information content (AvgIpc) is 2.77. The highest BCUT2D eigenvalue weighted by Crippen LogP contribution is 2.26. The molecular formula is C13H16BrNO2. The number of hydrogen-bond donors (Lipinski definition) is 1. The van der Waals surface area contributed by atoms with Crippen molar-refractivity contribution < 1.29 is 9.53 Å². The highest BCUT2D eigenvalue weighted by atomic mass is 79.9. The van der Waals surface area contributed by atoms with Gasteiger partial charge in [0.1, 0.15) is 6.10 Å². The van der Waals surface area contributed by atoms with E-state index in [-0.39, 0.29) is 12.2 Å². The van der Waals surface area contributed by atoms with Crippen molar-refractivity contribution in [2.45, 2.75) is 38.7 Å². The van der Waals surface area contributed by atoms with Gasteiger partial charge < -0.3 is 4.74 Å². The van der Waals surface area contributed by atoms with Crippen molar-refractivity contribution in [1.82, 2.24) is 0 Å². The van der Waals surface area contributed by atoms with Crippen LogP contribution in [0.4, 0.5) is 10.5 Å². The number of aryl methyl sites for hydroxylation is 1. The molecule has 1 aliphatic carbocycles. The summed E-state index contributed by atoms with van der Waals surface area (Å²) in [7, 11) is 0. The van der Waals surface area contributed by atoms with Gasteiger partial charge in [-0.05, 0) is 60.2 Å². The van der Waals surface area contributed by atoms with Gasteiger partial charge in [0.15, 0.2) is 0 Å². The van der Waals surface area contributed by atoms with Crippen LogP contribution in [0.2, 0.25) is 0 Å². The van der Waals surface area contributed by atoms with Crippen molar-refractivity contribution in [3.05, 3.63) is 28.2 Å². The smallest absolute Gasteiger partial charge is 0.411 e. The standard InChI is InChI=1S/C13H16BrNO2/c1-9-5-4-8-11(12(9)14)15-13(16)17-10-6-2-3-7-10/h4-5,8,10H,2-3,6-7H2,1H3,(H,15,16). The lowest BCUT2D eigenvalue weighted by atomic mass is 10.2. The summed E-state index contributed by atoms with van der Waals surface area (Å²) in [5, 5.41) is 2.77. The quantitative estimate of drug-likeness (QED) is 0.886. The number of amides is 1. The van der Waals surface area contributed by atoms with E-state index in [0.717, 1.165) is 41.4 Å². The fraction of sp³-hybridized carbons (Fsp3) is 0.462. The van der Waals surface area contributed by atoms with Crippen LogP contribution in [0, 0.1) is 6.92 Å². The number of halogens is 1. The van der Waals surface area contributed by atoms with Crippen molar-refractivity contribution in [2.75, 3.05) is 5.32 Å². The molecule has 1 aromatic rings. The van der Waals surface area contributed by atoms with Crippen LogP contribution in [0.1, 0.15) is 31.2 Å². The highest BCUT2D eigenvalue weighted by molar-refractivity contribution is 9.10. The maximum Gasteiger partial charge on any atom is 0.411 e. The molecule has 0 radical (unpaired) electrons. The lowest BCUT2D eigenvalue weighted by molar-refractivity contribution is 0.114. The molecule has 3 nitrogen and oxygen atoms in total. The molecule has 2 rings (SSSR count). The largest absolute Gasteiger partial charge is 0.446 e. The van der Waals surface area contributed by atoms with Crippen LogP contribution in [0.5, 0.6) is 0 Å². The zero-order chi connectivity index (χ0) is 12.3. The molecular weight excluding hydrogens is 282 g/mol. The highest BCUT2D eigenvalue weighted by Gasteiger charge is 2.19. The Balaban J connectivity index is 1.95. The normalized spacial score (nSPS) is 15.9. The minimum Gasteiger partial charge on any atom is -0.446 e. The summed E-state index contributed by atoms with van der Waals surface area (Å²) in [6, 6.07) is 5.75. The molecule has 1 aromatic carbocycles. The molecule has 1 aliphatic rings. The first-order chi connectivity index (χ1) is 8.16. The Kier molecular flexibility index (Phi) is 4.05. The van der Waals surface area contributed by atoms with Crippen LogP contribution in [0.15, 0.2) is 22.7 Å². The molecule has 0 saturated heterocycles. The maximum absolute atomic E-state index is 11.7. The lowest BCUT2D eigenvalue weighted by Gasteiger charge is -2.13. The number of carbonyl (C=O) groups excluding carboxylic acids is 1. The molecule has 1 amide bonds.